The molecule has 0 aliphatic carbocycles. The monoisotopic (exact) mass is 283 g/mol. The summed E-state index contributed by atoms with van der Waals surface area (Å²) < 4.78 is 20.3. The number of hydrogen-bond donors (Lipinski definition) is 1. The lowest BCUT2D eigenvalue weighted by Crippen LogP contribution is -2.01. The van der Waals surface area contributed by atoms with Crippen LogP contribution in [0.1, 0.15) is 0 Å². The molecule has 0 bridgehead atoms. The number of ether oxygens (including phenoxy) is 1. The molecular weight excluding hydrogens is 269 g/mol. The standard InChI is InChI=1S/C16H14FN3O/c1-21-15-8-7-11(9-13(15)17)14-10-16(18)20(19-14)12-5-3-2-4-6-12/h2-10H,18H2,1H3. The van der Waals surface area contributed by atoms with E-state index in [-0.39, 0.29) is 5.75 Å². The lowest BCUT2D eigenvalue weighted by molar-refractivity contribution is 0.386. The second-order valence-corrected chi connectivity index (χ2v) is 4.55. The zero-order chi connectivity index (χ0) is 14.8. The highest BCUT2D eigenvalue weighted by Gasteiger charge is 2.11. The minimum absolute atomic E-state index is 0.203. The summed E-state index contributed by atoms with van der Waals surface area (Å²) in [5.41, 5.74) is 8.10. The Kier molecular flexibility index (Phi) is 3.31. The summed E-state index contributed by atoms with van der Waals surface area (Å²) >= 11 is 0. The smallest absolute Gasteiger partial charge is 0.165 e. The van der Waals surface area contributed by atoms with Gasteiger partial charge in [-0.3, -0.25) is 0 Å². The van der Waals surface area contributed by atoms with Crippen molar-refractivity contribution < 1.29 is 9.13 Å². The van der Waals surface area contributed by atoms with Gasteiger partial charge in [-0.25, -0.2) is 9.07 Å². The second kappa shape index (κ2) is 5.28. The minimum atomic E-state index is -0.428. The normalized spacial score (nSPS) is 10.6. The van der Waals surface area contributed by atoms with Gasteiger partial charge >= 0.3 is 0 Å². The lowest BCUT2D eigenvalue weighted by atomic mass is 10.1. The first-order chi connectivity index (χ1) is 10.2. The average molecular weight is 283 g/mol. The molecule has 0 saturated heterocycles. The van der Waals surface area contributed by atoms with Gasteiger partial charge in [-0.1, -0.05) is 18.2 Å². The molecule has 1 aromatic heterocycles. The quantitative estimate of drug-likeness (QED) is 0.802. The van der Waals surface area contributed by atoms with Gasteiger partial charge in [0.1, 0.15) is 5.82 Å². The maximum Gasteiger partial charge on any atom is 0.165 e. The van der Waals surface area contributed by atoms with Crippen LogP contribution in [0.25, 0.3) is 16.9 Å². The Bertz CT molecular complexity index is 768. The number of aromatic nitrogens is 2. The molecule has 0 unspecified atom stereocenters. The van der Waals surface area contributed by atoms with Crippen molar-refractivity contribution in [3.8, 4) is 22.7 Å². The molecule has 0 aliphatic heterocycles. The third-order valence-electron chi connectivity index (χ3n) is 3.19. The van der Waals surface area contributed by atoms with E-state index < -0.39 is 5.82 Å². The first-order valence-corrected chi connectivity index (χ1v) is 6.44. The Balaban J connectivity index is 2.03. The van der Waals surface area contributed by atoms with Crippen LogP contribution < -0.4 is 10.5 Å². The zero-order valence-electron chi connectivity index (χ0n) is 11.5. The summed E-state index contributed by atoms with van der Waals surface area (Å²) in [6.07, 6.45) is 0. The molecule has 3 rings (SSSR count). The molecule has 106 valence electrons. The molecule has 0 aliphatic rings. The van der Waals surface area contributed by atoms with Gasteiger partial charge in [-0.15, -0.1) is 0 Å². The largest absolute Gasteiger partial charge is 0.494 e. The predicted octanol–water partition coefficient (Wildman–Crippen LogP) is 3.27. The third kappa shape index (κ3) is 2.45. The number of benzene rings is 2. The topological polar surface area (TPSA) is 53.1 Å². The van der Waals surface area contributed by atoms with Crippen LogP contribution >= 0.6 is 0 Å². The Morgan fingerprint density at radius 1 is 1.10 bits per heavy atom. The number of nitrogen functional groups attached to an aromatic ring is 1. The maximum absolute atomic E-state index is 13.8. The Morgan fingerprint density at radius 2 is 1.86 bits per heavy atom. The predicted molar refractivity (Wildman–Crippen MR) is 79.9 cm³/mol. The molecule has 0 amide bonds. The van der Waals surface area contributed by atoms with E-state index in [1.165, 1.54) is 13.2 Å². The van der Waals surface area contributed by atoms with Crippen molar-refractivity contribution in [2.75, 3.05) is 12.8 Å². The second-order valence-electron chi connectivity index (χ2n) is 4.55. The highest BCUT2D eigenvalue weighted by molar-refractivity contribution is 5.64. The number of nitrogens with two attached hydrogens (primary N) is 1. The third-order valence-corrected chi connectivity index (χ3v) is 3.19. The highest BCUT2D eigenvalue weighted by atomic mass is 19.1. The first kappa shape index (κ1) is 13.2. The number of anilines is 1. The fourth-order valence-electron chi connectivity index (χ4n) is 2.14. The number of rotatable bonds is 3. The van der Waals surface area contributed by atoms with Crippen molar-refractivity contribution in [2.24, 2.45) is 0 Å². The van der Waals surface area contributed by atoms with Crippen LogP contribution in [0.5, 0.6) is 5.75 Å². The Morgan fingerprint density at radius 3 is 2.52 bits per heavy atom. The van der Waals surface area contributed by atoms with Crippen molar-refractivity contribution in [2.45, 2.75) is 0 Å². The van der Waals surface area contributed by atoms with E-state index in [1.54, 1.807) is 22.9 Å². The van der Waals surface area contributed by atoms with E-state index in [2.05, 4.69) is 5.10 Å². The molecule has 3 aromatic rings. The molecule has 0 atom stereocenters. The van der Waals surface area contributed by atoms with Crippen molar-refractivity contribution in [1.29, 1.82) is 0 Å². The van der Waals surface area contributed by atoms with Gasteiger partial charge in [0.2, 0.25) is 0 Å². The maximum atomic E-state index is 13.8. The van der Waals surface area contributed by atoms with Gasteiger partial charge in [0.25, 0.3) is 0 Å². The Hall–Kier alpha value is -2.82. The van der Waals surface area contributed by atoms with Crippen LogP contribution in [0.15, 0.2) is 54.6 Å². The van der Waals surface area contributed by atoms with E-state index in [1.807, 2.05) is 30.3 Å². The average Bonchev–Trinajstić information content (AvgIpc) is 2.90. The summed E-state index contributed by atoms with van der Waals surface area (Å²) in [5, 5.41) is 4.43. The van der Waals surface area contributed by atoms with Gasteiger partial charge in [0.15, 0.2) is 11.6 Å². The Labute approximate surface area is 121 Å². The van der Waals surface area contributed by atoms with Crippen molar-refractivity contribution in [3.05, 3.63) is 60.4 Å². The summed E-state index contributed by atoms with van der Waals surface area (Å²) in [7, 11) is 1.43. The van der Waals surface area contributed by atoms with Gasteiger partial charge in [0.05, 0.1) is 18.5 Å². The number of methoxy groups -OCH3 is 1. The minimum Gasteiger partial charge on any atom is -0.494 e. The van der Waals surface area contributed by atoms with E-state index in [4.69, 9.17) is 10.5 Å². The van der Waals surface area contributed by atoms with Gasteiger partial charge in [-0.05, 0) is 30.3 Å². The molecule has 4 nitrogen and oxygen atoms in total. The summed E-state index contributed by atoms with van der Waals surface area (Å²) in [6, 6.07) is 16.0. The summed E-state index contributed by atoms with van der Waals surface area (Å²) in [4.78, 5) is 0. The zero-order valence-corrected chi connectivity index (χ0v) is 11.5. The van der Waals surface area contributed by atoms with Crippen LogP contribution in [0.2, 0.25) is 0 Å². The molecule has 0 saturated carbocycles. The van der Waals surface area contributed by atoms with Gasteiger partial charge < -0.3 is 10.5 Å². The first-order valence-electron chi connectivity index (χ1n) is 6.44. The van der Waals surface area contributed by atoms with E-state index >= 15 is 0 Å². The number of nitrogens with zero attached hydrogens (tertiary/aromatic N) is 2. The van der Waals surface area contributed by atoms with Crippen molar-refractivity contribution in [3.63, 3.8) is 0 Å². The molecule has 21 heavy (non-hydrogen) atoms. The molecule has 2 N–H and O–H groups in total. The molecule has 0 spiro atoms. The number of para-hydroxylation sites is 1. The van der Waals surface area contributed by atoms with Crippen LogP contribution in [0, 0.1) is 5.82 Å². The SMILES string of the molecule is COc1ccc(-c2cc(N)n(-c3ccccc3)n2)cc1F. The van der Waals surface area contributed by atoms with E-state index in [0.717, 1.165) is 5.69 Å². The molecular formula is C16H14FN3O. The molecule has 0 radical (unpaired) electrons. The molecule has 5 heteroatoms. The molecule has 2 aromatic carbocycles. The molecule has 1 heterocycles. The van der Waals surface area contributed by atoms with E-state index in [0.29, 0.717) is 17.1 Å². The van der Waals surface area contributed by atoms with Crippen molar-refractivity contribution in [1.82, 2.24) is 9.78 Å². The fourth-order valence-corrected chi connectivity index (χ4v) is 2.14. The fraction of sp³-hybridized carbons (Fsp3) is 0.0625. The van der Waals surface area contributed by atoms with Crippen LogP contribution in [0.3, 0.4) is 0 Å². The highest BCUT2D eigenvalue weighted by Crippen LogP contribution is 2.27. The van der Waals surface area contributed by atoms with Crippen LogP contribution in [-0.4, -0.2) is 16.9 Å². The molecule has 0 fully saturated rings. The lowest BCUT2D eigenvalue weighted by Gasteiger charge is -2.04. The van der Waals surface area contributed by atoms with Gasteiger partial charge in [-0.2, -0.15) is 5.10 Å². The van der Waals surface area contributed by atoms with Gasteiger partial charge in [0, 0.05) is 11.6 Å². The number of hydrogen-bond acceptors (Lipinski definition) is 3. The van der Waals surface area contributed by atoms with Crippen LogP contribution in [-0.2, 0) is 0 Å². The van der Waals surface area contributed by atoms with Crippen LogP contribution in [0.4, 0.5) is 10.2 Å². The summed E-state index contributed by atoms with van der Waals surface area (Å²) in [5.74, 6) is 0.268. The number of halogens is 1. The summed E-state index contributed by atoms with van der Waals surface area (Å²) in [6.45, 7) is 0. The van der Waals surface area contributed by atoms with Crippen molar-refractivity contribution >= 4 is 5.82 Å². The van der Waals surface area contributed by atoms with E-state index in [9.17, 15) is 4.39 Å².